The zero-order chi connectivity index (χ0) is 20.6. The molecule has 0 radical (unpaired) electrons. The molecule has 2 aromatic rings. The van der Waals surface area contributed by atoms with Crippen LogP contribution in [0, 0.1) is 0 Å². The fourth-order valence-corrected chi connectivity index (χ4v) is 5.25. The van der Waals surface area contributed by atoms with E-state index in [2.05, 4.69) is 4.99 Å². The second kappa shape index (κ2) is 7.40. The number of ether oxygens (including phenoxy) is 1. The van der Waals surface area contributed by atoms with E-state index in [1.165, 1.54) is 6.07 Å². The standard InChI is InChI=1S/C20H22N4O4S/c21-20(22)23-19(25)14-10-18-17(11-15(14)24-8-4-1-5-9-24)28-16-7-3-2-6-13(16)12-29(18,26)27/h2-3,6-7,10-11H,1,4-5,8-9,12H2,(H4,21,22,23,25). The van der Waals surface area contributed by atoms with Crippen molar-refractivity contribution in [2.45, 2.75) is 29.9 Å². The van der Waals surface area contributed by atoms with Gasteiger partial charge in [-0.25, -0.2) is 8.42 Å². The van der Waals surface area contributed by atoms with E-state index in [4.69, 9.17) is 16.2 Å². The van der Waals surface area contributed by atoms with Gasteiger partial charge in [-0.2, -0.15) is 4.99 Å². The van der Waals surface area contributed by atoms with E-state index in [0.717, 1.165) is 32.4 Å². The summed E-state index contributed by atoms with van der Waals surface area (Å²) in [5.41, 5.74) is 12.1. The van der Waals surface area contributed by atoms with Gasteiger partial charge in [-0.05, 0) is 31.4 Å². The SMILES string of the molecule is NC(N)=NC(=O)c1cc2c(cc1N1CCCCC1)Oc1ccccc1CS2(=O)=O. The van der Waals surface area contributed by atoms with Crippen molar-refractivity contribution in [2.24, 2.45) is 16.5 Å². The van der Waals surface area contributed by atoms with E-state index in [0.29, 0.717) is 17.0 Å². The van der Waals surface area contributed by atoms with E-state index in [1.807, 2.05) is 4.90 Å². The first-order valence-electron chi connectivity index (χ1n) is 9.40. The predicted molar refractivity (Wildman–Crippen MR) is 110 cm³/mol. The Hall–Kier alpha value is -3.07. The van der Waals surface area contributed by atoms with Gasteiger partial charge in [-0.1, -0.05) is 18.2 Å². The summed E-state index contributed by atoms with van der Waals surface area (Å²) in [4.78, 5) is 18.4. The number of sulfone groups is 1. The molecule has 152 valence electrons. The zero-order valence-electron chi connectivity index (χ0n) is 15.8. The summed E-state index contributed by atoms with van der Waals surface area (Å²) in [7, 11) is -3.73. The summed E-state index contributed by atoms with van der Waals surface area (Å²) in [5.74, 6) is -0.569. The highest BCUT2D eigenvalue weighted by atomic mass is 32.2. The minimum atomic E-state index is -3.73. The van der Waals surface area contributed by atoms with Crippen molar-refractivity contribution in [3.8, 4) is 11.5 Å². The van der Waals surface area contributed by atoms with Crippen LogP contribution in [-0.4, -0.2) is 33.4 Å². The molecular formula is C20H22N4O4S. The number of piperidine rings is 1. The van der Waals surface area contributed by atoms with E-state index >= 15 is 0 Å². The molecule has 0 aromatic heterocycles. The minimum absolute atomic E-state index is 0.0383. The number of carbonyl (C=O) groups excluding carboxylic acids is 1. The first kappa shape index (κ1) is 19.3. The average Bonchev–Trinajstić information content (AvgIpc) is 2.79. The predicted octanol–water partition coefficient (Wildman–Crippen LogP) is 2.17. The largest absolute Gasteiger partial charge is 0.456 e. The zero-order valence-corrected chi connectivity index (χ0v) is 16.6. The number of nitrogens with zero attached hydrogens (tertiary/aromatic N) is 2. The van der Waals surface area contributed by atoms with Gasteiger partial charge in [0.1, 0.15) is 16.4 Å². The molecule has 9 heteroatoms. The normalized spacial score (nSPS) is 17.3. The van der Waals surface area contributed by atoms with Gasteiger partial charge in [-0.3, -0.25) is 4.79 Å². The first-order chi connectivity index (χ1) is 13.8. The Kier molecular flexibility index (Phi) is 4.91. The smallest absolute Gasteiger partial charge is 0.282 e. The summed E-state index contributed by atoms with van der Waals surface area (Å²) in [6.45, 7) is 1.51. The van der Waals surface area contributed by atoms with Crippen molar-refractivity contribution in [3.63, 3.8) is 0 Å². The van der Waals surface area contributed by atoms with E-state index in [-0.39, 0.29) is 27.9 Å². The highest BCUT2D eigenvalue weighted by molar-refractivity contribution is 7.90. The molecule has 0 bridgehead atoms. The summed E-state index contributed by atoms with van der Waals surface area (Å²) >= 11 is 0. The second-order valence-corrected chi connectivity index (χ2v) is 9.13. The molecule has 0 atom stereocenters. The van der Waals surface area contributed by atoms with Gasteiger partial charge in [0, 0.05) is 24.7 Å². The van der Waals surface area contributed by atoms with Gasteiger partial charge >= 0.3 is 0 Å². The molecule has 2 heterocycles. The topological polar surface area (TPSA) is 128 Å². The summed E-state index contributed by atoms with van der Waals surface area (Å²) in [6, 6.07) is 9.97. The maximum absolute atomic E-state index is 13.1. The number of nitrogens with two attached hydrogens (primary N) is 2. The molecule has 1 fully saturated rings. The molecule has 0 aliphatic carbocycles. The highest BCUT2D eigenvalue weighted by Gasteiger charge is 2.31. The maximum Gasteiger partial charge on any atom is 0.282 e. The van der Waals surface area contributed by atoms with Gasteiger partial charge in [-0.15, -0.1) is 0 Å². The lowest BCUT2D eigenvalue weighted by molar-refractivity contribution is 0.100. The van der Waals surface area contributed by atoms with Gasteiger partial charge in [0.15, 0.2) is 15.8 Å². The van der Waals surface area contributed by atoms with Crippen molar-refractivity contribution in [3.05, 3.63) is 47.5 Å². The molecule has 0 unspecified atom stereocenters. The van der Waals surface area contributed by atoms with Crippen LogP contribution in [0.3, 0.4) is 0 Å². The summed E-state index contributed by atoms with van der Waals surface area (Å²) in [5, 5.41) is 0. The molecule has 2 aliphatic rings. The number of hydrogen-bond acceptors (Lipinski definition) is 5. The molecule has 2 aromatic carbocycles. The van der Waals surface area contributed by atoms with Gasteiger partial charge < -0.3 is 21.1 Å². The Morgan fingerprint density at radius 2 is 1.76 bits per heavy atom. The van der Waals surface area contributed by atoms with Crippen LogP contribution in [0.5, 0.6) is 11.5 Å². The van der Waals surface area contributed by atoms with Crippen molar-refractivity contribution >= 4 is 27.4 Å². The van der Waals surface area contributed by atoms with E-state index < -0.39 is 15.7 Å². The van der Waals surface area contributed by atoms with Crippen LogP contribution in [0.4, 0.5) is 5.69 Å². The fourth-order valence-electron chi connectivity index (χ4n) is 3.74. The van der Waals surface area contributed by atoms with Crippen LogP contribution in [0.1, 0.15) is 35.2 Å². The Balaban J connectivity index is 1.92. The fraction of sp³-hybridized carbons (Fsp3) is 0.300. The summed E-state index contributed by atoms with van der Waals surface area (Å²) in [6.07, 6.45) is 3.07. The maximum atomic E-state index is 13.1. The Labute approximate surface area is 169 Å². The van der Waals surface area contributed by atoms with Crippen molar-refractivity contribution < 1.29 is 17.9 Å². The highest BCUT2D eigenvalue weighted by Crippen LogP contribution is 2.41. The van der Waals surface area contributed by atoms with Gasteiger partial charge in [0.25, 0.3) is 5.91 Å². The number of carbonyl (C=O) groups is 1. The molecule has 4 N–H and O–H groups in total. The molecule has 8 nitrogen and oxygen atoms in total. The molecule has 29 heavy (non-hydrogen) atoms. The van der Waals surface area contributed by atoms with Crippen LogP contribution >= 0.6 is 0 Å². The molecule has 0 saturated carbocycles. The van der Waals surface area contributed by atoms with Crippen molar-refractivity contribution in [2.75, 3.05) is 18.0 Å². The molecule has 2 aliphatic heterocycles. The number of aliphatic imine (C=N–C) groups is 1. The molecule has 1 saturated heterocycles. The summed E-state index contributed by atoms with van der Waals surface area (Å²) < 4.78 is 32.1. The number of amides is 1. The molecular weight excluding hydrogens is 392 g/mol. The van der Waals surface area contributed by atoms with Crippen LogP contribution < -0.4 is 21.1 Å². The molecule has 0 spiro atoms. The third kappa shape index (κ3) is 3.77. The minimum Gasteiger partial charge on any atom is -0.456 e. The molecule has 4 rings (SSSR count). The number of rotatable bonds is 2. The first-order valence-corrected chi connectivity index (χ1v) is 11.1. The Morgan fingerprint density at radius 1 is 1.03 bits per heavy atom. The lowest BCUT2D eigenvalue weighted by Crippen LogP contribution is -2.31. The monoisotopic (exact) mass is 414 g/mol. The second-order valence-electron chi connectivity index (χ2n) is 7.17. The lowest BCUT2D eigenvalue weighted by Gasteiger charge is -2.30. The number of hydrogen-bond donors (Lipinski definition) is 2. The van der Waals surface area contributed by atoms with Crippen molar-refractivity contribution in [1.29, 1.82) is 0 Å². The van der Waals surface area contributed by atoms with Crippen LogP contribution in [-0.2, 0) is 15.6 Å². The number of para-hydroxylation sites is 1. The van der Waals surface area contributed by atoms with Crippen molar-refractivity contribution in [1.82, 2.24) is 0 Å². The van der Waals surface area contributed by atoms with E-state index in [1.54, 1.807) is 30.3 Å². The number of guanidine groups is 1. The van der Waals surface area contributed by atoms with E-state index in [9.17, 15) is 13.2 Å². The number of fused-ring (bicyclic) bond motifs is 2. The molecule has 1 amide bonds. The van der Waals surface area contributed by atoms with Crippen LogP contribution in [0.2, 0.25) is 0 Å². The van der Waals surface area contributed by atoms with Gasteiger partial charge in [0.2, 0.25) is 0 Å². The average molecular weight is 414 g/mol. The van der Waals surface area contributed by atoms with Gasteiger partial charge in [0.05, 0.1) is 17.0 Å². The lowest BCUT2D eigenvalue weighted by atomic mass is 10.1. The number of benzene rings is 2. The van der Waals surface area contributed by atoms with Crippen LogP contribution in [0.15, 0.2) is 46.3 Å². The third-order valence-corrected chi connectivity index (χ3v) is 6.77. The van der Waals surface area contributed by atoms with Crippen LogP contribution in [0.25, 0.3) is 0 Å². The quantitative estimate of drug-likeness (QED) is 0.569. The Morgan fingerprint density at radius 3 is 2.48 bits per heavy atom. The number of anilines is 1. The third-order valence-electron chi connectivity index (χ3n) is 5.09. The Bertz CT molecular complexity index is 1100.